The van der Waals surface area contributed by atoms with Gasteiger partial charge in [0.1, 0.15) is 0 Å². The molecule has 0 aromatic carbocycles. The molecule has 0 aliphatic heterocycles. The van der Waals surface area contributed by atoms with Crippen molar-refractivity contribution in [3.63, 3.8) is 0 Å². The standard InChI is InChI=1S/C15H23N3OS/c1-11(9-14-5-4-8-20-14)16-10-15-12(2)17-18(6-7-19)13(15)3/h4-5,8,11,16,19H,6-7,9-10H2,1-3H3. The molecule has 2 heterocycles. The van der Waals surface area contributed by atoms with E-state index in [1.807, 2.05) is 11.6 Å². The van der Waals surface area contributed by atoms with E-state index in [1.165, 1.54) is 10.4 Å². The Morgan fingerprint density at radius 3 is 2.90 bits per heavy atom. The first kappa shape index (κ1) is 15.2. The molecule has 5 heteroatoms. The molecule has 2 N–H and O–H groups in total. The van der Waals surface area contributed by atoms with Gasteiger partial charge in [0.2, 0.25) is 0 Å². The van der Waals surface area contributed by atoms with Gasteiger partial charge < -0.3 is 10.4 Å². The van der Waals surface area contributed by atoms with Crippen LogP contribution in [0.3, 0.4) is 0 Å². The molecule has 0 saturated heterocycles. The van der Waals surface area contributed by atoms with Gasteiger partial charge in [0.15, 0.2) is 0 Å². The molecule has 1 unspecified atom stereocenters. The molecule has 1 atom stereocenters. The molecule has 0 saturated carbocycles. The first-order chi connectivity index (χ1) is 9.61. The third kappa shape index (κ3) is 3.69. The Kier molecular flexibility index (Phi) is 5.34. The van der Waals surface area contributed by atoms with E-state index in [9.17, 15) is 0 Å². The molecule has 0 fully saturated rings. The highest BCUT2D eigenvalue weighted by Gasteiger charge is 2.12. The zero-order valence-electron chi connectivity index (χ0n) is 12.4. The van der Waals surface area contributed by atoms with E-state index in [1.54, 1.807) is 11.3 Å². The summed E-state index contributed by atoms with van der Waals surface area (Å²) < 4.78 is 1.89. The van der Waals surface area contributed by atoms with Crippen molar-refractivity contribution in [2.24, 2.45) is 0 Å². The maximum absolute atomic E-state index is 9.03. The van der Waals surface area contributed by atoms with E-state index in [0.717, 1.165) is 24.4 Å². The van der Waals surface area contributed by atoms with Crippen molar-refractivity contribution >= 4 is 11.3 Å². The molecule has 0 bridgehead atoms. The molecule has 2 aromatic rings. The van der Waals surface area contributed by atoms with Crippen LogP contribution in [0.25, 0.3) is 0 Å². The van der Waals surface area contributed by atoms with Crippen LogP contribution >= 0.6 is 11.3 Å². The predicted molar refractivity (Wildman–Crippen MR) is 83.1 cm³/mol. The van der Waals surface area contributed by atoms with Crippen LogP contribution in [0.4, 0.5) is 0 Å². The topological polar surface area (TPSA) is 50.1 Å². The normalized spacial score (nSPS) is 12.8. The molecule has 0 aliphatic rings. The summed E-state index contributed by atoms with van der Waals surface area (Å²) >= 11 is 1.81. The van der Waals surface area contributed by atoms with E-state index in [2.05, 4.69) is 41.8 Å². The summed E-state index contributed by atoms with van der Waals surface area (Å²) in [6, 6.07) is 4.71. The van der Waals surface area contributed by atoms with Crippen molar-refractivity contribution in [2.75, 3.05) is 6.61 Å². The van der Waals surface area contributed by atoms with Gasteiger partial charge in [-0.1, -0.05) is 6.07 Å². The summed E-state index contributed by atoms with van der Waals surface area (Å²) in [4.78, 5) is 1.41. The predicted octanol–water partition coefficient (Wildman–Crippen LogP) is 2.27. The maximum Gasteiger partial charge on any atom is 0.0644 e. The molecule has 4 nitrogen and oxygen atoms in total. The second-order valence-corrected chi connectivity index (χ2v) is 6.19. The number of aromatic nitrogens is 2. The number of aliphatic hydroxyl groups excluding tert-OH is 1. The quantitative estimate of drug-likeness (QED) is 0.823. The first-order valence-corrected chi connectivity index (χ1v) is 7.89. The number of thiophene rings is 1. The fourth-order valence-electron chi connectivity index (χ4n) is 2.38. The molecular weight excluding hydrogens is 270 g/mol. The molecule has 110 valence electrons. The van der Waals surface area contributed by atoms with Gasteiger partial charge in [-0.2, -0.15) is 5.10 Å². The van der Waals surface area contributed by atoms with Gasteiger partial charge >= 0.3 is 0 Å². The van der Waals surface area contributed by atoms with Crippen molar-refractivity contribution in [3.05, 3.63) is 39.3 Å². The first-order valence-electron chi connectivity index (χ1n) is 7.01. The summed E-state index contributed by atoms with van der Waals surface area (Å²) in [6.07, 6.45) is 1.06. The van der Waals surface area contributed by atoms with Gasteiger partial charge in [0, 0.05) is 28.7 Å². The van der Waals surface area contributed by atoms with Crippen LogP contribution < -0.4 is 5.32 Å². The lowest BCUT2D eigenvalue weighted by atomic mass is 10.1. The van der Waals surface area contributed by atoms with Gasteiger partial charge in [0.05, 0.1) is 18.8 Å². The van der Waals surface area contributed by atoms with Crippen LogP contribution in [-0.4, -0.2) is 27.5 Å². The lowest BCUT2D eigenvalue weighted by Crippen LogP contribution is -2.27. The molecule has 0 radical (unpaired) electrons. The highest BCUT2D eigenvalue weighted by atomic mass is 32.1. The molecule has 2 aromatic heterocycles. The smallest absolute Gasteiger partial charge is 0.0644 e. The highest BCUT2D eigenvalue weighted by molar-refractivity contribution is 7.09. The maximum atomic E-state index is 9.03. The van der Waals surface area contributed by atoms with Crippen LogP contribution in [-0.2, 0) is 19.5 Å². The third-order valence-electron chi connectivity index (χ3n) is 3.56. The van der Waals surface area contributed by atoms with Crippen molar-refractivity contribution in [3.8, 4) is 0 Å². The third-order valence-corrected chi connectivity index (χ3v) is 4.46. The van der Waals surface area contributed by atoms with E-state index in [4.69, 9.17) is 5.11 Å². The number of aliphatic hydroxyl groups is 1. The van der Waals surface area contributed by atoms with E-state index < -0.39 is 0 Å². The second-order valence-electron chi connectivity index (χ2n) is 5.16. The zero-order valence-corrected chi connectivity index (χ0v) is 13.2. The Hall–Kier alpha value is -1.17. The Morgan fingerprint density at radius 2 is 2.25 bits per heavy atom. The van der Waals surface area contributed by atoms with Crippen molar-refractivity contribution in [2.45, 2.75) is 46.3 Å². The monoisotopic (exact) mass is 293 g/mol. The Morgan fingerprint density at radius 1 is 1.45 bits per heavy atom. The van der Waals surface area contributed by atoms with Crippen molar-refractivity contribution < 1.29 is 5.11 Å². The number of hydrogen-bond donors (Lipinski definition) is 2. The second kappa shape index (κ2) is 7.02. The van der Waals surface area contributed by atoms with Gasteiger partial charge in [-0.05, 0) is 38.6 Å². The number of rotatable bonds is 7. The Bertz CT molecular complexity index is 534. The average molecular weight is 293 g/mol. The lowest BCUT2D eigenvalue weighted by Gasteiger charge is -2.13. The van der Waals surface area contributed by atoms with Crippen molar-refractivity contribution in [1.82, 2.24) is 15.1 Å². The van der Waals surface area contributed by atoms with Crippen molar-refractivity contribution in [1.29, 1.82) is 0 Å². The fraction of sp³-hybridized carbons (Fsp3) is 0.533. The lowest BCUT2D eigenvalue weighted by molar-refractivity contribution is 0.267. The summed E-state index contributed by atoms with van der Waals surface area (Å²) in [6.45, 7) is 7.83. The van der Waals surface area contributed by atoms with Crippen LogP contribution in [0, 0.1) is 13.8 Å². The van der Waals surface area contributed by atoms with Crippen LogP contribution in [0.5, 0.6) is 0 Å². The van der Waals surface area contributed by atoms with E-state index in [-0.39, 0.29) is 6.61 Å². The molecule has 0 amide bonds. The summed E-state index contributed by atoms with van der Waals surface area (Å²) in [5.74, 6) is 0. The van der Waals surface area contributed by atoms with Gasteiger partial charge in [-0.25, -0.2) is 0 Å². The molecule has 0 aliphatic carbocycles. The Labute approximate surface area is 124 Å². The molecule has 2 rings (SSSR count). The molecule has 0 spiro atoms. The van der Waals surface area contributed by atoms with Crippen LogP contribution in [0.15, 0.2) is 17.5 Å². The minimum Gasteiger partial charge on any atom is -0.394 e. The largest absolute Gasteiger partial charge is 0.394 e. The van der Waals surface area contributed by atoms with Gasteiger partial charge in [-0.3, -0.25) is 4.68 Å². The van der Waals surface area contributed by atoms with Crippen LogP contribution in [0.1, 0.15) is 28.8 Å². The van der Waals surface area contributed by atoms with E-state index in [0.29, 0.717) is 12.6 Å². The average Bonchev–Trinajstić information content (AvgIpc) is 2.99. The molecular formula is C15H23N3OS. The summed E-state index contributed by atoms with van der Waals surface area (Å²) in [5.41, 5.74) is 3.44. The number of aryl methyl sites for hydroxylation is 1. The number of nitrogens with zero attached hydrogens (tertiary/aromatic N) is 2. The van der Waals surface area contributed by atoms with Crippen LogP contribution in [0.2, 0.25) is 0 Å². The number of hydrogen-bond acceptors (Lipinski definition) is 4. The van der Waals surface area contributed by atoms with E-state index >= 15 is 0 Å². The minimum absolute atomic E-state index is 0.129. The molecule has 20 heavy (non-hydrogen) atoms. The number of nitrogens with one attached hydrogen (secondary N) is 1. The Balaban J connectivity index is 1.93. The summed E-state index contributed by atoms with van der Waals surface area (Å²) in [5, 5.41) is 19.2. The minimum atomic E-state index is 0.129. The SMILES string of the molecule is Cc1nn(CCO)c(C)c1CNC(C)Cc1cccs1. The van der Waals surface area contributed by atoms with Gasteiger partial charge in [-0.15, -0.1) is 11.3 Å². The zero-order chi connectivity index (χ0) is 14.5. The fourth-order valence-corrected chi connectivity index (χ4v) is 3.22. The van der Waals surface area contributed by atoms with Gasteiger partial charge in [0.25, 0.3) is 0 Å². The summed E-state index contributed by atoms with van der Waals surface area (Å²) in [7, 11) is 0. The highest BCUT2D eigenvalue weighted by Crippen LogP contribution is 2.14.